The van der Waals surface area contributed by atoms with E-state index in [1.54, 1.807) is 6.33 Å². The van der Waals surface area contributed by atoms with Gasteiger partial charge in [0.05, 0.1) is 11.4 Å². The van der Waals surface area contributed by atoms with Gasteiger partial charge < -0.3 is 4.74 Å². The van der Waals surface area contributed by atoms with E-state index in [4.69, 9.17) is 4.74 Å². The lowest BCUT2D eigenvalue weighted by molar-refractivity contribution is -0.739. The van der Waals surface area contributed by atoms with E-state index in [9.17, 15) is 8.42 Å². The summed E-state index contributed by atoms with van der Waals surface area (Å²) >= 11 is 0. The van der Waals surface area contributed by atoms with Crippen LogP contribution in [0.25, 0.3) is 0 Å². The van der Waals surface area contributed by atoms with Gasteiger partial charge in [0.2, 0.25) is 6.33 Å². The largest absolute Gasteiger partial charge is 0.363 e. The fourth-order valence-corrected chi connectivity index (χ4v) is 3.57. The van der Waals surface area contributed by atoms with Crippen molar-refractivity contribution in [3.05, 3.63) is 47.5 Å². The van der Waals surface area contributed by atoms with Crippen LogP contribution >= 0.6 is 0 Å². The van der Waals surface area contributed by atoms with Gasteiger partial charge in [-0.05, 0) is 15.2 Å². The van der Waals surface area contributed by atoms with E-state index in [0.717, 1.165) is 16.8 Å². The number of hydrogen-bond acceptors (Lipinski definition) is 4. The Balaban J connectivity index is 1.89. The number of ether oxygens (including phenoxy) is 1. The van der Waals surface area contributed by atoms with Crippen LogP contribution < -0.4 is 4.57 Å². The van der Waals surface area contributed by atoms with Gasteiger partial charge in [-0.2, -0.15) is 8.42 Å². The van der Waals surface area contributed by atoms with Crippen molar-refractivity contribution < 1.29 is 17.7 Å². The Morgan fingerprint density at radius 2 is 2.20 bits per heavy atom. The Kier molecular flexibility index (Phi) is 2.34. The summed E-state index contributed by atoms with van der Waals surface area (Å²) in [6, 6.07) is 8.20. The molecule has 2 heterocycles. The second-order valence-corrected chi connectivity index (χ2v) is 7.11. The highest BCUT2D eigenvalue weighted by Gasteiger charge is 2.43. The van der Waals surface area contributed by atoms with Gasteiger partial charge in [0.1, 0.15) is 18.8 Å². The molecular weight excluding hydrogens is 278 g/mol. The summed E-state index contributed by atoms with van der Waals surface area (Å²) in [4.78, 5) is 0. The molecule has 104 valence electrons. The van der Waals surface area contributed by atoms with E-state index >= 15 is 0 Å². The average Bonchev–Trinajstić information content (AvgIpc) is 2.98. The number of hydrogen-bond donors (Lipinski definition) is 0. The van der Waals surface area contributed by atoms with Crippen LogP contribution in [0.4, 0.5) is 0 Å². The second kappa shape index (κ2) is 3.89. The lowest BCUT2D eigenvalue weighted by Crippen LogP contribution is -2.51. The first-order valence-electron chi connectivity index (χ1n) is 6.44. The zero-order valence-electron chi connectivity index (χ0n) is 10.9. The standard InChI is InChI=1S/C13H14N3O3S/c1-20(17,18)16-8-15-12(14-16)7-19-11-6-9-4-2-3-5-10(9)13(11)15/h2-5,8,11,13H,6-7H2,1H3/q+1/t11-,13+/m1/s1. The van der Waals surface area contributed by atoms with E-state index in [-0.39, 0.29) is 12.1 Å². The van der Waals surface area contributed by atoms with Crippen molar-refractivity contribution in [2.45, 2.75) is 25.2 Å². The molecule has 0 fully saturated rings. The zero-order chi connectivity index (χ0) is 13.9. The molecule has 1 aromatic carbocycles. The predicted octanol–water partition coefficient (Wildman–Crippen LogP) is 0.0226. The highest BCUT2D eigenvalue weighted by atomic mass is 32.2. The molecule has 0 saturated heterocycles. The van der Waals surface area contributed by atoms with Crippen LogP contribution in [0, 0.1) is 0 Å². The quantitative estimate of drug-likeness (QED) is 0.695. The molecule has 0 spiro atoms. The monoisotopic (exact) mass is 292 g/mol. The Bertz CT molecular complexity index is 797. The number of benzene rings is 1. The summed E-state index contributed by atoms with van der Waals surface area (Å²) in [6.45, 7) is 0.345. The third-order valence-electron chi connectivity index (χ3n) is 3.95. The van der Waals surface area contributed by atoms with Crippen LogP contribution in [0.2, 0.25) is 0 Å². The molecule has 1 aliphatic heterocycles. The molecule has 1 aliphatic carbocycles. The third-order valence-corrected chi connectivity index (χ3v) is 4.80. The van der Waals surface area contributed by atoms with Crippen molar-refractivity contribution >= 4 is 10.0 Å². The van der Waals surface area contributed by atoms with Gasteiger partial charge in [-0.25, -0.2) is 4.57 Å². The Labute approximate surface area is 116 Å². The normalized spacial score (nSPS) is 24.1. The summed E-state index contributed by atoms with van der Waals surface area (Å²) in [7, 11) is -3.37. The van der Waals surface area contributed by atoms with Crippen LogP contribution in [0.3, 0.4) is 0 Å². The molecule has 6 nitrogen and oxygen atoms in total. The van der Waals surface area contributed by atoms with E-state index in [1.165, 1.54) is 11.1 Å². The molecule has 0 N–H and O–H groups in total. The molecule has 0 amide bonds. The summed E-state index contributed by atoms with van der Waals surface area (Å²) in [5, 5.41) is 4.12. The molecule has 2 atom stereocenters. The van der Waals surface area contributed by atoms with E-state index < -0.39 is 10.0 Å². The van der Waals surface area contributed by atoms with Gasteiger partial charge >= 0.3 is 15.8 Å². The number of fused-ring (bicyclic) bond motifs is 5. The van der Waals surface area contributed by atoms with Crippen molar-refractivity contribution in [3.63, 3.8) is 0 Å². The molecule has 0 bridgehead atoms. The molecule has 20 heavy (non-hydrogen) atoms. The number of aromatic nitrogens is 3. The zero-order valence-corrected chi connectivity index (χ0v) is 11.7. The molecular formula is C13H14N3O3S+. The topological polar surface area (TPSA) is 65.1 Å². The third kappa shape index (κ3) is 1.63. The molecule has 1 aromatic heterocycles. The first-order valence-corrected chi connectivity index (χ1v) is 8.28. The SMILES string of the molecule is CS(=O)(=O)n1c[n+]2c(n1)CO[C@@H]1Cc3ccccc3[C@@H]12. The van der Waals surface area contributed by atoms with Crippen molar-refractivity contribution in [1.82, 2.24) is 9.19 Å². The van der Waals surface area contributed by atoms with Crippen molar-refractivity contribution in [2.24, 2.45) is 0 Å². The van der Waals surface area contributed by atoms with Crippen LogP contribution in [0.15, 0.2) is 30.6 Å². The van der Waals surface area contributed by atoms with E-state index in [2.05, 4.69) is 17.2 Å². The van der Waals surface area contributed by atoms with Crippen LogP contribution in [0.5, 0.6) is 0 Å². The second-order valence-electron chi connectivity index (χ2n) is 5.27. The van der Waals surface area contributed by atoms with Crippen molar-refractivity contribution in [3.8, 4) is 0 Å². The lowest BCUT2D eigenvalue weighted by atomic mass is 10.1. The molecule has 2 aromatic rings. The fraction of sp³-hybridized carbons (Fsp3) is 0.385. The van der Waals surface area contributed by atoms with E-state index in [0.29, 0.717) is 12.4 Å². The molecule has 0 unspecified atom stereocenters. The Morgan fingerprint density at radius 1 is 1.40 bits per heavy atom. The van der Waals surface area contributed by atoms with Gasteiger partial charge in [-0.1, -0.05) is 24.3 Å². The van der Waals surface area contributed by atoms with Gasteiger partial charge in [0, 0.05) is 6.42 Å². The van der Waals surface area contributed by atoms with E-state index in [1.807, 2.05) is 16.7 Å². The van der Waals surface area contributed by atoms with Crippen LogP contribution in [0.1, 0.15) is 23.0 Å². The number of nitrogens with zero attached hydrogens (tertiary/aromatic N) is 3. The van der Waals surface area contributed by atoms with Crippen molar-refractivity contribution in [2.75, 3.05) is 6.26 Å². The highest BCUT2D eigenvalue weighted by Crippen LogP contribution is 2.35. The maximum atomic E-state index is 11.6. The molecule has 4 rings (SSSR count). The van der Waals surface area contributed by atoms with Gasteiger partial charge in [-0.15, -0.1) is 0 Å². The summed E-state index contributed by atoms with van der Waals surface area (Å²) in [5.41, 5.74) is 2.45. The average molecular weight is 292 g/mol. The Hall–Kier alpha value is -1.73. The number of rotatable bonds is 1. The predicted molar refractivity (Wildman–Crippen MR) is 69.5 cm³/mol. The molecule has 0 saturated carbocycles. The highest BCUT2D eigenvalue weighted by molar-refractivity contribution is 7.89. The molecule has 2 aliphatic rings. The Morgan fingerprint density at radius 3 is 3.00 bits per heavy atom. The first-order chi connectivity index (χ1) is 9.54. The minimum atomic E-state index is -3.37. The van der Waals surface area contributed by atoms with Crippen LogP contribution in [-0.4, -0.2) is 30.0 Å². The smallest absolute Gasteiger partial charge is 0.309 e. The fourth-order valence-electron chi connectivity index (χ4n) is 3.06. The minimum Gasteiger partial charge on any atom is -0.363 e. The minimum absolute atomic E-state index is 0.0189. The van der Waals surface area contributed by atoms with Gasteiger partial charge in [0.15, 0.2) is 0 Å². The lowest BCUT2D eigenvalue weighted by Gasteiger charge is -2.23. The van der Waals surface area contributed by atoms with Crippen molar-refractivity contribution in [1.29, 1.82) is 0 Å². The van der Waals surface area contributed by atoms with Crippen LogP contribution in [-0.2, 0) is 27.8 Å². The summed E-state index contributed by atoms with van der Waals surface area (Å²) < 4.78 is 32.1. The maximum Gasteiger partial charge on any atom is 0.309 e. The maximum absolute atomic E-state index is 11.6. The molecule has 0 radical (unpaired) electrons. The van der Waals surface area contributed by atoms with Gasteiger partial charge in [0.25, 0.3) is 0 Å². The summed E-state index contributed by atoms with van der Waals surface area (Å²) in [5.74, 6) is 0.647. The van der Waals surface area contributed by atoms with Gasteiger partial charge in [-0.3, -0.25) is 0 Å². The summed E-state index contributed by atoms with van der Waals surface area (Å²) in [6.07, 6.45) is 3.62. The molecule has 7 heteroatoms. The first kappa shape index (κ1) is 12.0.